The number of hydrogen-bond donors (Lipinski definition) is 2. The van der Waals surface area contributed by atoms with Gasteiger partial charge in [0.05, 0.1) is 13.7 Å². The molecule has 0 saturated heterocycles. The van der Waals surface area contributed by atoms with E-state index in [2.05, 4.69) is 0 Å². The second kappa shape index (κ2) is 5.54. The summed E-state index contributed by atoms with van der Waals surface area (Å²) in [6, 6.07) is 12.3. The van der Waals surface area contributed by atoms with Crippen LogP contribution in [0.15, 0.2) is 42.5 Å². The van der Waals surface area contributed by atoms with E-state index in [0.717, 1.165) is 5.56 Å². The minimum atomic E-state index is -0.519. The fraction of sp³-hybridized carbons (Fsp3) is 0.250. The van der Waals surface area contributed by atoms with Gasteiger partial charge in [0, 0.05) is 5.56 Å². The molecule has 2 aromatic carbocycles. The van der Waals surface area contributed by atoms with Crippen LogP contribution < -0.4 is 14.2 Å². The van der Waals surface area contributed by atoms with Gasteiger partial charge in [-0.1, -0.05) is 18.2 Å². The van der Waals surface area contributed by atoms with E-state index in [9.17, 15) is 10.2 Å². The van der Waals surface area contributed by atoms with Crippen molar-refractivity contribution < 1.29 is 24.4 Å². The first-order chi connectivity index (χ1) is 10.2. The van der Waals surface area contributed by atoms with Crippen LogP contribution in [0.2, 0.25) is 0 Å². The lowest BCUT2D eigenvalue weighted by molar-refractivity contribution is -0.0124. The lowest BCUT2D eigenvalue weighted by atomic mass is 10.0. The first-order valence-corrected chi connectivity index (χ1v) is 6.63. The largest absolute Gasteiger partial charge is 0.504 e. The molecule has 0 spiro atoms. The molecule has 0 aromatic heterocycles. The van der Waals surface area contributed by atoms with Gasteiger partial charge in [0.15, 0.2) is 35.2 Å². The number of benzene rings is 2. The molecule has 1 aliphatic heterocycles. The molecule has 0 bridgehead atoms. The topological polar surface area (TPSA) is 68.2 Å². The van der Waals surface area contributed by atoms with Crippen LogP contribution in [0.4, 0.5) is 0 Å². The average molecular weight is 288 g/mol. The number of ether oxygens (including phenoxy) is 3. The number of phenolic OH excluding ortho intramolecular Hbond substituents is 1. The summed E-state index contributed by atoms with van der Waals surface area (Å²) in [5.41, 5.74) is 0.762. The number of phenols is 1. The van der Waals surface area contributed by atoms with Gasteiger partial charge in [-0.2, -0.15) is 0 Å². The Kier molecular flexibility index (Phi) is 3.58. The van der Waals surface area contributed by atoms with Gasteiger partial charge in [0.2, 0.25) is 0 Å². The highest BCUT2D eigenvalue weighted by Crippen LogP contribution is 2.40. The third kappa shape index (κ3) is 2.48. The zero-order chi connectivity index (χ0) is 14.8. The molecule has 0 saturated carbocycles. The van der Waals surface area contributed by atoms with Crippen molar-refractivity contribution in [3.05, 3.63) is 48.0 Å². The zero-order valence-electron chi connectivity index (χ0n) is 11.5. The number of aromatic hydroxyl groups is 1. The van der Waals surface area contributed by atoms with E-state index >= 15 is 0 Å². The molecule has 0 aliphatic carbocycles. The van der Waals surface area contributed by atoms with Crippen molar-refractivity contribution in [3.8, 4) is 23.0 Å². The summed E-state index contributed by atoms with van der Waals surface area (Å²) in [4.78, 5) is 0. The monoisotopic (exact) mass is 288 g/mol. The predicted octanol–water partition coefficient (Wildman–Crippen LogP) is 2.27. The van der Waals surface area contributed by atoms with Crippen LogP contribution in [0, 0.1) is 0 Å². The van der Waals surface area contributed by atoms with Crippen molar-refractivity contribution in [2.45, 2.75) is 12.2 Å². The lowest BCUT2D eigenvalue weighted by Crippen LogP contribution is -2.36. The Balaban J connectivity index is 1.97. The van der Waals surface area contributed by atoms with Crippen LogP contribution in [-0.4, -0.2) is 30.0 Å². The second-order valence-electron chi connectivity index (χ2n) is 4.76. The van der Waals surface area contributed by atoms with Crippen molar-refractivity contribution in [3.63, 3.8) is 0 Å². The molecule has 3 rings (SSSR count). The molecule has 2 aromatic rings. The minimum absolute atomic E-state index is 0.0546. The zero-order valence-corrected chi connectivity index (χ0v) is 11.5. The summed E-state index contributed by atoms with van der Waals surface area (Å²) in [5.74, 6) is 1.64. The molecular formula is C16H16O5. The molecule has 2 atom stereocenters. The predicted molar refractivity (Wildman–Crippen MR) is 76.0 cm³/mol. The number of hydrogen-bond acceptors (Lipinski definition) is 5. The van der Waals surface area contributed by atoms with E-state index in [4.69, 9.17) is 14.2 Å². The molecule has 0 radical (unpaired) electrons. The van der Waals surface area contributed by atoms with E-state index in [1.54, 1.807) is 18.2 Å². The van der Waals surface area contributed by atoms with Crippen molar-refractivity contribution in [2.24, 2.45) is 0 Å². The SMILES string of the molecule is COc1cc([C@@H]2Oc3ccccc3O[C@H]2CO)ccc1O. The maximum absolute atomic E-state index is 9.67. The Labute approximate surface area is 122 Å². The molecular weight excluding hydrogens is 272 g/mol. The van der Waals surface area contributed by atoms with Gasteiger partial charge in [-0.05, 0) is 24.3 Å². The highest BCUT2D eigenvalue weighted by molar-refractivity contribution is 5.45. The van der Waals surface area contributed by atoms with E-state index in [1.165, 1.54) is 13.2 Å². The molecule has 1 aliphatic rings. The van der Waals surface area contributed by atoms with Crippen molar-refractivity contribution in [1.82, 2.24) is 0 Å². The van der Waals surface area contributed by atoms with Gasteiger partial charge in [-0.3, -0.25) is 0 Å². The molecule has 21 heavy (non-hydrogen) atoms. The molecule has 1 heterocycles. The first kappa shape index (κ1) is 13.6. The summed E-state index contributed by atoms with van der Waals surface area (Å²) in [5, 5.41) is 19.2. The molecule has 5 heteroatoms. The third-order valence-corrected chi connectivity index (χ3v) is 3.43. The van der Waals surface area contributed by atoms with E-state index < -0.39 is 12.2 Å². The van der Waals surface area contributed by atoms with E-state index in [1.807, 2.05) is 18.2 Å². The van der Waals surface area contributed by atoms with E-state index in [-0.39, 0.29) is 12.4 Å². The Hall–Kier alpha value is -2.40. The van der Waals surface area contributed by atoms with Gasteiger partial charge in [0.25, 0.3) is 0 Å². The highest BCUT2D eigenvalue weighted by atomic mass is 16.6. The highest BCUT2D eigenvalue weighted by Gasteiger charge is 2.32. The Morgan fingerprint density at radius 2 is 1.81 bits per heavy atom. The van der Waals surface area contributed by atoms with Gasteiger partial charge < -0.3 is 24.4 Å². The van der Waals surface area contributed by atoms with Crippen LogP contribution in [0.1, 0.15) is 11.7 Å². The normalized spacial score (nSPS) is 20.1. The smallest absolute Gasteiger partial charge is 0.163 e. The first-order valence-electron chi connectivity index (χ1n) is 6.63. The van der Waals surface area contributed by atoms with Crippen molar-refractivity contribution in [1.29, 1.82) is 0 Å². The summed E-state index contributed by atoms with van der Waals surface area (Å²) in [6.45, 7) is -0.178. The van der Waals surface area contributed by atoms with Gasteiger partial charge in [-0.15, -0.1) is 0 Å². The summed E-state index contributed by atoms with van der Waals surface area (Å²) in [6.07, 6.45) is -0.992. The van der Waals surface area contributed by atoms with Crippen LogP contribution in [0.5, 0.6) is 23.0 Å². The Morgan fingerprint density at radius 1 is 1.10 bits per heavy atom. The standard InChI is InChI=1S/C16H16O5/c1-19-14-8-10(6-7-11(14)18)16-15(9-17)20-12-4-2-3-5-13(12)21-16/h2-8,15-18H,9H2,1H3/t15-,16-/m0/s1. The van der Waals surface area contributed by atoms with Crippen molar-refractivity contribution >= 4 is 0 Å². The Bertz CT molecular complexity index is 640. The number of rotatable bonds is 3. The summed E-state index contributed by atoms with van der Waals surface area (Å²) in [7, 11) is 1.48. The summed E-state index contributed by atoms with van der Waals surface area (Å²) >= 11 is 0. The molecule has 0 fully saturated rings. The number of aliphatic hydroxyl groups is 1. The quantitative estimate of drug-likeness (QED) is 0.907. The lowest BCUT2D eigenvalue weighted by Gasteiger charge is -2.33. The summed E-state index contributed by atoms with van der Waals surface area (Å²) < 4.78 is 16.8. The molecule has 2 N–H and O–H groups in total. The van der Waals surface area contributed by atoms with Gasteiger partial charge in [0.1, 0.15) is 0 Å². The van der Waals surface area contributed by atoms with Crippen LogP contribution in [0.3, 0.4) is 0 Å². The fourth-order valence-corrected chi connectivity index (χ4v) is 2.37. The third-order valence-electron chi connectivity index (χ3n) is 3.43. The number of para-hydroxylation sites is 2. The van der Waals surface area contributed by atoms with Gasteiger partial charge >= 0.3 is 0 Å². The fourth-order valence-electron chi connectivity index (χ4n) is 2.37. The van der Waals surface area contributed by atoms with Crippen LogP contribution in [0.25, 0.3) is 0 Å². The van der Waals surface area contributed by atoms with Crippen molar-refractivity contribution in [2.75, 3.05) is 13.7 Å². The molecule has 0 unspecified atom stereocenters. The number of methoxy groups -OCH3 is 1. The second-order valence-corrected chi connectivity index (χ2v) is 4.76. The number of aliphatic hydroxyl groups excluding tert-OH is 1. The van der Waals surface area contributed by atoms with Gasteiger partial charge in [-0.25, -0.2) is 0 Å². The average Bonchev–Trinajstić information content (AvgIpc) is 2.54. The molecule has 110 valence electrons. The van der Waals surface area contributed by atoms with Crippen LogP contribution >= 0.6 is 0 Å². The maximum atomic E-state index is 9.67. The Morgan fingerprint density at radius 3 is 2.48 bits per heavy atom. The number of fused-ring (bicyclic) bond motifs is 1. The van der Waals surface area contributed by atoms with E-state index in [0.29, 0.717) is 17.2 Å². The molecule has 5 nitrogen and oxygen atoms in total. The maximum Gasteiger partial charge on any atom is 0.163 e. The molecule has 0 amide bonds. The minimum Gasteiger partial charge on any atom is -0.504 e. The van der Waals surface area contributed by atoms with Crippen LogP contribution in [-0.2, 0) is 0 Å².